The number of thioether (sulfide) groups is 1. The summed E-state index contributed by atoms with van der Waals surface area (Å²) in [7, 11) is 0. The van der Waals surface area contributed by atoms with Crippen LogP contribution in [0.15, 0.2) is 47.6 Å². The Bertz CT molecular complexity index is 997. The maximum atomic E-state index is 13.9. The van der Waals surface area contributed by atoms with E-state index in [1.807, 2.05) is 0 Å². The number of nitrogens with two attached hydrogens (primary N) is 1. The van der Waals surface area contributed by atoms with Gasteiger partial charge in [-0.25, -0.2) is 13.5 Å². The van der Waals surface area contributed by atoms with Crippen molar-refractivity contribution in [1.29, 1.82) is 0 Å². The monoisotopic (exact) mass is 409 g/mol. The van der Waals surface area contributed by atoms with E-state index in [0.29, 0.717) is 0 Å². The van der Waals surface area contributed by atoms with Crippen molar-refractivity contribution in [2.75, 3.05) is 11.2 Å². The molecule has 0 bridgehead atoms. The zero-order chi connectivity index (χ0) is 19.6. The van der Waals surface area contributed by atoms with E-state index in [1.165, 1.54) is 24.3 Å². The fourth-order valence-electron chi connectivity index (χ4n) is 2.22. The molecule has 6 nitrogen and oxygen atoms in total. The molecule has 1 amide bonds. The van der Waals surface area contributed by atoms with Crippen LogP contribution in [0.1, 0.15) is 6.92 Å². The number of halogens is 3. The molecule has 140 valence electrons. The Hall–Kier alpha value is -2.65. The van der Waals surface area contributed by atoms with Gasteiger partial charge in [0, 0.05) is 0 Å². The van der Waals surface area contributed by atoms with Gasteiger partial charge in [-0.2, -0.15) is 0 Å². The number of carbonyl (C=O) groups is 1. The first-order valence-electron chi connectivity index (χ1n) is 7.74. The molecule has 3 aromatic rings. The van der Waals surface area contributed by atoms with Crippen LogP contribution < -0.4 is 11.2 Å². The van der Waals surface area contributed by atoms with Crippen molar-refractivity contribution >= 4 is 35.0 Å². The summed E-state index contributed by atoms with van der Waals surface area (Å²) >= 11 is 6.95. The lowest BCUT2D eigenvalue weighted by atomic mass is 10.2. The summed E-state index contributed by atoms with van der Waals surface area (Å²) in [6, 6.07) is 9.70. The Labute approximate surface area is 162 Å². The van der Waals surface area contributed by atoms with Crippen molar-refractivity contribution < 1.29 is 13.6 Å². The van der Waals surface area contributed by atoms with Crippen LogP contribution in [-0.4, -0.2) is 26.0 Å². The van der Waals surface area contributed by atoms with E-state index in [0.717, 1.165) is 22.5 Å². The molecule has 0 fully saturated rings. The minimum Gasteiger partial charge on any atom is -0.335 e. The van der Waals surface area contributed by atoms with Gasteiger partial charge in [-0.3, -0.25) is 4.79 Å². The summed E-state index contributed by atoms with van der Waals surface area (Å²) in [5, 5.41) is 10.1. The summed E-state index contributed by atoms with van der Waals surface area (Å²) in [5.74, 6) is 4.73. The summed E-state index contributed by atoms with van der Waals surface area (Å²) in [4.78, 5) is 12.4. The molecule has 27 heavy (non-hydrogen) atoms. The molecule has 0 radical (unpaired) electrons. The molecular weight excluding hydrogens is 396 g/mol. The largest absolute Gasteiger partial charge is 0.335 e. The van der Waals surface area contributed by atoms with Crippen LogP contribution in [0.25, 0.3) is 11.4 Å². The maximum Gasteiger partial charge on any atom is 0.237 e. The second-order valence-corrected chi connectivity index (χ2v) is 7.24. The Balaban J connectivity index is 1.73. The van der Waals surface area contributed by atoms with Gasteiger partial charge in [0.05, 0.1) is 21.5 Å². The minimum absolute atomic E-state index is 0.0874. The molecule has 0 saturated carbocycles. The number of anilines is 1. The lowest BCUT2D eigenvalue weighted by Crippen LogP contribution is -2.24. The number of hydrogen-bond donors (Lipinski definition) is 2. The second-order valence-electron chi connectivity index (χ2n) is 5.53. The van der Waals surface area contributed by atoms with E-state index >= 15 is 0 Å². The fraction of sp³-hybridized carbons (Fsp3) is 0.118. The van der Waals surface area contributed by atoms with Crippen LogP contribution in [0.5, 0.6) is 0 Å². The highest BCUT2D eigenvalue weighted by atomic mass is 35.5. The summed E-state index contributed by atoms with van der Waals surface area (Å²) in [6.07, 6.45) is 0. The topological polar surface area (TPSA) is 85.8 Å². The average Bonchev–Trinajstić information content (AvgIpc) is 2.98. The predicted octanol–water partition coefficient (Wildman–Crippen LogP) is 3.71. The summed E-state index contributed by atoms with van der Waals surface area (Å²) in [5.41, 5.74) is 0.492. The molecule has 1 atom stereocenters. The van der Waals surface area contributed by atoms with Gasteiger partial charge < -0.3 is 11.2 Å². The fourth-order valence-corrected chi connectivity index (χ4v) is 3.21. The Morgan fingerprint density at radius 1 is 1.26 bits per heavy atom. The highest BCUT2D eigenvalue weighted by molar-refractivity contribution is 8.00. The van der Waals surface area contributed by atoms with Crippen LogP contribution in [0.2, 0.25) is 5.02 Å². The second kappa shape index (κ2) is 7.93. The predicted molar refractivity (Wildman–Crippen MR) is 101 cm³/mol. The molecule has 0 spiro atoms. The van der Waals surface area contributed by atoms with Crippen molar-refractivity contribution in [2.24, 2.45) is 0 Å². The van der Waals surface area contributed by atoms with Gasteiger partial charge in [-0.15, -0.1) is 10.2 Å². The number of carbonyl (C=O) groups excluding carboxylic acids is 1. The number of nitrogen functional groups attached to an aromatic ring is 1. The first kappa shape index (κ1) is 19.1. The van der Waals surface area contributed by atoms with Crippen molar-refractivity contribution in [3.05, 3.63) is 59.1 Å². The van der Waals surface area contributed by atoms with E-state index in [-0.39, 0.29) is 33.2 Å². The minimum atomic E-state index is -0.619. The molecule has 0 aliphatic heterocycles. The molecule has 0 aliphatic rings. The smallest absolute Gasteiger partial charge is 0.237 e. The van der Waals surface area contributed by atoms with Crippen molar-refractivity contribution in [2.45, 2.75) is 17.3 Å². The molecule has 1 aromatic heterocycles. The van der Waals surface area contributed by atoms with Gasteiger partial charge in [0.1, 0.15) is 11.6 Å². The van der Waals surface area contributed by atoms with Crippen LogP contribution in [-0.2, 0) is 4.79 Å². The molecule has 0 unspecified atom stereocenters. The van der Waals surface area contributed by atoms with Crippen molar-refractivity contribution in [3.8, 4) is 11.4 Å². The first-order valence-corrected chi connectivity index (χ1v) is 9.00. The van der Waals surface area contributed by atoms with Crippen molar-refractivity contribution in [3.63, 3.8) is 0 Å². The van der Waals surface area contributed by atoms with E-state index in [2.05, 4.69) is 15.5 Å². The van der Waals surface area contributed by atoms with Gasteiger partial charge in [-0.1, -0.05) is 35.5 Å². The van der Waals surface area contributed by atoms with E-state index in [9.17, 15) is 13.6 Å². The van der Waals surface area contributed by atoms with E-state index in [4.69, 9.17) is 17.4 Å². The van der Waals surface area contributed by atoms with Crippen molar-refractivity contribution in [1.82, 2.24) is 14.9 Å². The number of nitrogens with one attached hydrogen (secondary N) is 1. The van der Waals surface area contributed by atoms with Crippen LogP contribution >= 0.6 is 23.4 Å². The lowest BCUT2D eigenvalue weighted by molar-refractivity contribution is -0.115. The zero-order valence-corrected chi connectivity index (χ0v) is 15.6. The number of hydrogen-bond acceptors (Lipinski definition) is 5. The average molecular weight is 410 g/mol. The van der Waals surface area contributed by atoms with E-state index < -0.39 is 16.9 Å². The molecule has 1 heterocycles. The van der Waals surface area contributed by atoms with Crippen LogP contribution in [0.3, 0.4) is 0 Å². The van der Waals surface area contributed by atoms with Gasteiger partial charge in [0.25, 0.3) is 0 Å². The Kier molecular flexibility index (Phi) is 5.62. The number of benzene rings is 2. The van der Waals surface area contributed by atoms with Gasteiger partial charge in [0.2, 0.25) is 11.1 Å². The van der Waals surface area contributed by atoms with Crippen LogP contribution in [0, 0.1) is 11.6 Å². The molecule has 2 aromatic carbocycles. The van der Waals surface area contributed by atoms with Crippen LogP contribution in [0.4, 0.5) is 14.5 Å². The van der Waals surface area contributed by atoms with Gasteiger partial charge >= 0.3 is 0 Å². The number of amides is 1. The quantitative estimate of drug-likeness (QED) is 0.495. The molecule has 0 saturated heterocycles. The van der Waals surface area contributed by atoms with Gasteiger partial charge in [-0.05, 0) is 37.3 Å². The molecule has 10 heteroatoms. The third kappa shape index (κ3) is 4.20. The molecule has 3 N–H and O–H groups in total. The Morgan fingerprint density at radius 3 is 2.70 bits per heavy atom. The Morgan fingerprint density at radius 2 is 2.00 bits per heavy atom. The number of rotatable bonds is 5. The zero-order valence-electron chi connectivity index (χ0n) is 14.0. The maximum absolute atomic E-state index is 13.9. The summed E-state index contributed by atoms with van der Waals surface area (Å²) < 4.78 is 28.1. The van der Waals surface area contributed by atoms with E-state index in [1.54, 1.807) is 19.1 Å². The third-order valence-electron chi connectivity index (χ3n) is 3.62. The lowest BCUT2D eigenvalue weighted by Gasteiger charge is -2.12. The first-order chi connectivity index (χ1) is 12.9. The normalized spacial score (nSPS) is 12.0. The molecular formula is C17H14ClF2N5OS. The number of nitrogens with zero attached hydrogens (tertiary/aromatic N) is 3. The number of aromatic nitrogens is 3. The highest BCUT2D eigenvalue weighted by Crippen LogP contribution is 2.28. The SMILES string of the molecule is C[C@H](Sc1nnc(-c2ccccc2F)n1N)C(=O)Nc1ccc(F)cc1Cl. The summed E-state index contributed by atoms with van der Waals surface area (Å²) in [6.45, 7) is 1.63. The standard InChI is InChI=1S/C17H14ClF2N5OS/c1-9(16(26)22-14-7-6-10(19)8-12(14)18)27-17-24-23-15(25(17)21)11-4-2-3-5-13(11)20/h2-9H,21H2,1H3,(H,22,26)/t9-/m0/s1. The molecule has 3 rings (SSSR count). The highest BCUT2D eigenvalue weighted by Gasteiger charge is 2.21. The third-order valence-corrected chi connectivity index (χ3v) is 4.99. The molecule has 0 aliphatic carbocycles. The van der Waals surface area contributed by atoms with Gasteiger partial charge in [0.15, 0.2) is 5.82 Å².